The quantitative estimate of drug-likeness (QED) is 0.727. The lowest BCUT2D eigenvalue weighted by atomic mass is 10.1. The molecule has 3 rings (SSSR count). The second kappa shape index (κ2) is 7.98. The number of carbonyl (C=O) groups is 2. The van der Waals surface area contributed by atoms with Gasteiger partial charge in [0.1, 0.15) is 5.75 Å². The maximum Gasteiger partial charge on any atom is 0.255 e. The van der Waals surface area contributed by atoms with Crippen molar-refractivity contribution in [1.82, 2.24) is 0 Å². The van der Waals surface area contributed by atoms with Gasteiger partial charge in [0.15, 0.2) is 0 Å². The van der Waals surface area contributed by atoms with E-state index >= 15 is 0 Å². The highest BCUT2D eigenvalue weighted by Crippen LogP contribution is 2.18. The summed E-state index contributed by atoms with van der Waals surface area (Å²) >= 11 is 0. The Morgan fingerprint density at radius 1 is 0.692 bits per heavy atom. The Hall–Kier alpha value is -3.60. The van der Waals surface area contributed by atoms with Crippen molar-refractivity contribution < 1.29 is 14.3 Å². The van der Waals surface area contributed by atoms with Crippen LogP contribution in [0.25, 0.3) is 0 Å². The standard InChI is InChI=1S/C21H18N2O3/c1-26-19-12-6-11-18(14-19)23-21(25)16-8-5-7-15(13-16)20(24)22-17-9-3-2-4-10-17/h2-14H,1H3,(H,22,24)(H,23,25). The van der Waals surface area contributed by atoms with E-state index in [2.05, 4.69) is 10.6 Å². The zero-order chi connectivity index (χ0) is 18.4. The molecule has 0 unspecified atom stereocenters. The van der Waals surface area contributed by atoms with E-state index in [1.807, 2.05) is 18.2 Å². The third-order valence-electron chi connectivity index (χ3n) is 3.75. The third kappa shape index (κ3) is 4.27. The summed E-state index contributed by atoms with van der Waals surface area (Å²) in [5, 5.41) is 5.60. The van der Waals surface area contributed by atoms with Crippen LogP contribution in [0.3, 0.4) is 0 Å². The van der Waals surface area contributed by atoms with Gasteiger partial charge in [0.05, 0.1) is 7.11 Å². The number of nitrogens with one attached hydrogen (secondary N) is 2. The number of hydrogen-bond donors (Lipinski definition) is 2. The van der Waals surface area contributed by atoms with Crippen molar-refractivity contribution in [2.75, 3.05) is 17.7 Å². The Morgan fingerprint density at radius 2 is 1.27 bits per heavy atom. The summed E-state index contributed by atoms with van der Waals surface area (Å²) in [6.07, 6.45) is 0. The summed E-state index contributed by atoms with van der Waals surface area (Å²) < 4.78 is 5.15. The summed E-state index contributed by atoms with van der Waals surface area (Å²) in [6.45, 7) is 0. The van der Waals surface area contributed by atoms with Crippen LogP contribution in [-0.4, -0.2) is 18.9 Å². The molecule has 2 N–H and O–H groups in total. The molecule has 0 atom stereocenters. The molecule has 2 amide bonds. The highest BCUT2D eigenvalue weighted by atomic mass is 16.5. The summed E-state index contributed by atoms with van der Waals surface area (Å²) in [7, 11) is 1.57. The summed E-state index contributed by atoms with van der Waals surface area (Å²) in [6, 6.07) is 22.8. The molecule has 0 saturated carbocycles. The van der Waals surface area contributed by atoms with Crippen molar-refractivity contribution >= 4 is 23.2 Å². The molecule has 0 saturated heterocycles. The number of hydrogen-bond acceptors (Lipinski definition) is 3. The van der Waals surface area contributed by atoms with E-state index < -0.39 is 0 Å². The van der Waals surface area contributed by atoms with Crippen LogP contribution in [0.2, 0.25) is 0 Å². The lowest BCUT2D eigenvalue weighted by Gasteiger charge is -2.09. The Kier molecular flexibility index (Phi) is 5.29. The average molecular weight is 346 g/mol. The fraction of sp³-hybridized carbons (Fsp3) is 0.0476. The molecule has 0 spiro atoms. The van der Waals surface area contributed by atoms with E-state index in [0.717, 1.165) is 0 Å². The number of ether oxygens (including phenoxy) is 1. The van der Waals surface area contributed by atoms with Crippen LogP contribution in [0.15, 0.2) is 78.9 Å². The van der Waals surface area contributed by atoms with Crippen molar-refractivity contribution in [2.24, 2.45) is 0 Å². The van der Waals surface area contributed by atoms with Gasteiger partial charge in [-0.3, -0.25) is 9.59 Å². The lowest BCUT2D eigenvalue weighted by molar-refractivity contribution is 0.102. The van der Waals surface area contributed by atoms with Gasteiger partial charge in [-0.15, -0.1) is 0 Å². The van der Waals surface area contributed by atoms with Crippen molar-refractivity contribution in [3.63, 3.8) is 0 Å². The van der Waals surface area contributed by atoms with Gasteiger partial charge in [0.2, 0.25) is 0 Å². The molecule has 0 bridgehead atoms. The maximum absolute atomic E-state index is 12.5. The fourth-order valence-electron chi connectivity index (χ4n) is 2.43. The first-order chi connectivity index (χ1) is 12.7. The number of anilines is 2. The molecule has 130 valence electrons. The van der Waals surface area contributed by atoms with Gasteiger partial charge in [-0.2, -0.15) is 0 Å². The second-order valence-corrected chi connectivity index (χ2v) is 5.59. The van der Waals surface area contributed by atoms with Gasteiger partial charge >= 0.3 is 0 Å². The van der Waals surface area contributed by atoms with E-state index in [1.165, 1.54) is 0 Å². The monoisotopic (exact) mass is 346 g/mol. The second-order valence-electron chi connectivity index (χ2n) is 5.59. The Bertz CT molecular complexity index is 923. The zero-order valence-corrected chi connectivity index (χ0v) is 14.2. The minimum atomic E-state index is -0.299. The van der Waals surface area contributed by atoms with Crippen LogP contribution in [-0.2, 0) is 0 Å². The predicted molar refractivity (Wildman–Crippen MR) is 102 cm³/mol. The largest absolute Gasteiger partial charge is 0.497 e. The van der Waals surface area contributed by atoms with Crippen LogP contribution in [0, 0.1) is 0 Å². The molecule has 0 aromatic heterocycles. The molecule has 5 heteroatoms. The summed E-state index contributed by atoms with van der Waals surface area (Å²) in [5.74, 6) is 0.0821. The van der Waals surface area contributed by atoms with E-state index in [4.69, 9.17) is 4.74 Å². The van der Waals surface area contributed by atoms with Crippen LogP contribution < -0.4 is 15.4 Å². The first kappa shape index (κ1) is 17.2. The first-order valence-corrected chi connectivity index (χ1v) is 8.07. The molecule has 26 heavy (non-hydrogen) atoms. The lowest BCUT2D eigenvalue weighted by Crippen LogP contribution is -2.15. The molecule has 3 aromatic rings. The highest BCUT2D eigenvalue weighted by Gasteiger charge is 2.11. The molecule has 0 heterocycles. The molecule has 0 radical (unpaired) electrons. The van der Waals surface area contributed by atoms with Crippen LogP contribution in [0.1, 0.15) is 20.7 Å². The van der Waals surface area contributed by atoms with Gasteiger partial charge in [-0.25, -0.2) is 0 Å². The van der Waals surface area contributed by atoms with E-state index in [0.29, 0.717) is 28.3 Å². The third-order valence-corrected chi connectivity index (χ3v) is 3.75. The number of methoxy groups -OCH3 is 1. The number of benzene rings is 3. The van der Waals surface area contributed by atoms with Crippen LogP contribution in [0.5, 0.6) is 5.75 Å². The number of carbonyl (C=O) groups excluding carboxylic acids is 2. The highest BCUT2D eigenvalue weighted by molar-refractivity contribution is 6.08. The zero-order valence-electron chi connectivity index (χ0n) is 14.2. The van der Waals surface area contributed by atoms with E-state index in [1.54, 1.807) is 67.8 Å². The molecule has 0 fully saturated rings. The average Bonchev–Trinajstić information content (AvgIpc) is 2.69. The van der Waals surface area contributed by atoms with Gasteiger partial charge in [-0.1, -0.05) is 30.3 Å². The van der Waals surface area contributed by atoms with Crippen molar-refractivity contribution in [3.8, 4) is 5.75 Å². The minimum absolute atomic E-state index is 0.271. The topological polar surface area (TPSA) is 67.4 Å². The fourth-order valence-corrected chi connectivity index (χ4v) is 2.43. The molecule has 0 aliphatic heterocycles. The SMILES string of the molecule is COc1cccc(NC(=O)c2cccc(C(=O)Nc3ccccc3)c2)c1. The molecular weight excluding hydrogens is 328 g/mol. The van der Waals surface area contributed by atoms with E-state index in [-0.39, 0.29) is 11.8 Å². The van der Waals surface area contributed by atoms with Gasteiger partial charge < -0.3 is 15.4 Å². The summed E-state index contributed by atoms with van der Waals surface area (Å²) in [4.78, 5) is 24.8. The van der Waals surface area contributed by atoms with Crippen molar-refractivity contribution in [3.05, 3.63) is 90.0 Å². The van der Waals surface area contributed by atoms with E-state index in [9.17, 15) is 9.59 Å². The predicted octanol–water partition coefficient (Wildman–Crippen LogP) is 4.20. The van der Waals surface area contributed by atoms with Crippen LogP contribution in [0.4, 0.5) is 11.4 Å². The normalized spacial score (nSPS) is 10.0. The smallest absolute Gasteiger partial charge is 0.255 e. The molecule has 0 aliphatic carbocycles. The molecule has 5 nitrogen and oxygen atoms in total. The van der Waals surface area contributed by atoms with Crippen molar-refractivity contribution in [1.29, 1.82) is 0 Å². The number of rotatable bonds is 5. The van der Waals surface area contributed by atoms with Gasteiger partial charge in [-0.05, 0) is 42.5 Å². The number of para-hydroxylation sites is 1. The van der Waals surface area contributed by atoms with Gasteiger partial charge in [0.25, 0.3) is 11.8 Å². The number of amides is 2. The molecular formula is C21H18N2O3. The summed E-state index contributed by atoms with van der Waals surface area (Å²) in [5.41, 5.74) is 2.12. The minimum Gasteiger partial charge on any atom is -0.497 e. The first-order valence-electron chi connectivity index (χ1n) is 8.07. The van der Waals surface area contributed by atoms with Gasteiger partial charge in [0, 0.05) is 28.6 Å². The maximum atomic E-state index is 12.5. The Balaban J connectivity index is 1.73. The van der Waals surface area contributed by atoms with Crippen LogP contribution >= 0.6 is 0 Å². The Morgan fingerprint density at radius 3 is 1.92 bits per heavy atom. The Labute approximate surface area is 151 Å². The molecule has 3 aromatic carbocycles. The van der Waals surface area contributed by atoms with Crippen molar-refractivity contribution in [2.45, 2.75) is 0 Å². The molecule has 0 aliphatic rings.